The fourth-order valence-corrected chi connectivity index (χ4v) is 1.30. The van der Waals surface area contributed by atoms with Crippen molar-refractivity contribution in [2.75, 3.05) is 0 Å². The third-order valence-electron chi connectivity index (χ3n) is 1.99. The van der Waals surface area contributed by atoms with Gasteiger partial charge in [-0.25, -0.2) is 4.79 Å². The minimum absolute atomic E-state index is 0.0190. The Morgan fingerprint density at radius 2 is 1.88 bits per heavy atom. The summed E-state index contributed by atoms with van der Waals surface area (Å²) in [6.07, 6.45) is 0.987. The number of non-ortho nitro benzene ring substituents is 2. The van der Waals surface area contributed by atoms with Crippen LogP contribution in [0.15, 0.2) is 27.5 Å². The molecule has 0 aliphatic carbocycles. The highest BCUT2D eigenvalue weighted by molar-refractivity contribution is 5.87. The van der Waals surface area contributed by atoms with Gasteiger partial charge in [0.25, 0.3) is 5.69 Å². The highest BCUT2D eigenvalue weighted by Gasteiger charge is 2.21. The van der Waals surface area contributed by atoms with E-state index in [1.165, 1.54) is 0 Å². The topological polar surface area (TPSA) is 129 Å². The Hall–Kier alpha value is -2.84. The fourth-order valence-electron chi connectivity index (χ4n) is 1.30. The van der Waals surface area contributed by atoms with Crippen LogP contribution in [0.3, 0.4) is 0 Å². The molecule has 9 nitrogen and oxygen atoms in total. The van der Waals surface area contributed by atoms with E-state index in [-0.39, 0.29) is 11.0 Å². The zero-order valence-electron chi connectivity index (χ0n) is 8.02. The molecule has 86 valence electrons. The van der Waals surface area contributed by atoms with Crippen LogP contribution in [-0.2, 0) is 0 Å². The molecule has 0 N–H and O–H groups in total. The lowest BCUT2D eigenvalue weighted by Gasteiger charge is -1.97. The first-order chi connectivity index (χ1) is 7.99. The molecule has 0 saturated carbocycles. The van der Waals surface area contributed by atoms with Gasteiger partial charge in [-0.15, -0.1) is 0 Å². The summed E-state index contributed by atoms with van der Waals surface area (Å²) in [6.45, 7) is 0. The Labute approximate surface area is 91.6 Å². The number of benzene rings is 1. The molecule has 17 heavy (non-hydrogen) atoms. The monoisotopic (exact) mass is 237 g/mol. The standard InChI is InChI=1S/C8H3N3O6/c12-8-9-3-4-1-5(10(13)14)2-6(11(15)16)7(4)17-8/h1-3H. The summed E-state index contributed by atoms with van der Waals surface area (Å²) < 4.78 is 4.56. The number of nitrogens with zero attached hydrogens (tertiary/aromatic N) is 3. The van der Waals surface area contributed by atoms with Gasteiger partial charge in [-0.3, -0.25) is 20.2 Å². The fraction of sp³-hybridized carbons (Fsp3) is 0. The van der Waals surface area contributed by atoms with Crippen LogP contribution >= 0.6 is 0 Å². The molecule has 1 heterocycles. The number of hydrogen-bond acceptors (Lipinski definition) is 7. The first kappa shape index (κ1) is 10.7. The van der Waals surface area contributed by atoms with Gasteiger partial charge in [-0.05, 0) is 0 Å². The number of nitro groups is 2. The molecule has 2 rings (SSSR count). The van der Waals surface area contributed by atoms with Crippen molar-refractivity contribution in [3.63, 3.8) is 0 Å². The summed E-state index contributed by atoms with van der Waals surface area (Å²) in [5.41, 5.74) is -1.45. The van der Waals surface area contributed by atoms with Crippen LogP contribution in [0, 0.1) is 20.2 Å². The highest BCUT2D eigenvalue weighted by atomic mass is 16.6. The van der Waals surface area contributed by atoms with Crippen molar-refractivity contribution >= 4 is 22.3 Å². The molecule has 0 aliphatic rings. The largest absolute Gasteiger partial charge is 0.439 e. The van der Waals surface area contributed by atoms with Gasteiger partial charge in [0.2, 0.25) is 5.58 Å². The molecular weight excluding hydrogens is 234 g/mol. The van der Waals surface area contributed by atoms with Crippen molar-refractivity contribution in [2.24, 2.45) is 0 Å². The van der Waals surface area contributed by atoms with Crippen LogP contribution in [0.1, 0.15) is 0 Å². The van der Waals surface area contributed by atoms with Gasteiger partial charge in [0.05, 0.1) is 15.9 Å². The van der Waals surface area contributed by atoms with E-state index in [1.54, 1.807) is 0 Å². The summed E-state index contributed by atoms with van der Waals surface area (Å²) in [5.74, 6) is -1.01. The SMILES string of the molecule is O=c1ncc2cc([N+](=O)[O-])cc([N+](=O)[O-])c2o1. The zero-order valence-corrected chi connectivity index (χ0v) is 8.02. The highest BCUT2D eigenvalue weighted by Crippen LogP contribution is 2.29. The molecule has 0 unspecified atom stereocenters. The maximum absolute atomic E-state index is 10.8. The molecular formula is C8H3N3O6. The van der Waals surface area contributed by atoms with E-state index >= 15 is 0 Å². The van der Waals surface area contributed by atoms with Crippen molar-refractivity contribution in [1.82, 2.24) is 4.98 Å². The van der Waals surface area contributed by atoms with Gasteiger partial charge < -0.3 is 4.42 Å². The smallest absolute Gasteiger partial charge is 0.401 e. The molecule has 1 aromatic heterocycles. The Kier molecular flexibility index (Phi) is 2.28. The average Bonchev–Trinajstić information content (AvgIpc) is 2.27. The van der Waals surface area contributed by atoms with Crippen molar-refractivity contribution in [3.8, 4) is 0 Å². The van der Waals surface area contributed by atoms with Gasteiger partial charge in [0.1, 0.15) is 0 Å². The average molecular weight is 237 g/mol. The van der Waals surface area contributed by atoms with E-state index in [1.807, 2.05) is 0 Å². The normalized spacial score (nSPS) is 10.4. The number of rotatable bonds is 2. The molecule has 0 saturated heterocycles. The molecule has 0 spiro atoms. The molecule has 1 aromatic carbocycles. The maximum atomic E-state index is 10.8. The minimum atomic E-state index is -1.01. The second-order valence-electron chi connectivity index (χ2n) is 3.02. The molecule has 0 amide bonds. The predicted molar refractivity (Wildman–Crippen MR) is 53.6 cm³/mol. The maximum Gasteiger partial charge on any atom is 0.439 e. The van der Waals surface area contributed by atoms with Crippen molar-refractivity contribution in [2.45, 2.75) is 0 Å². The summed E-state index contributed by atoms with van der Waals surface area (Å²) in [4.78, 5) is 33.7. The van der Waals surface area contributed by atoms with Crippen molar-refractivity contribution in [3.05, 3.63) is 49.1 Å². The lowest BCUT2D eigenvalue weighted by atomic mass is 10.2. The Morgan fingerprint density at radius 3 is 2.47 bits per heavy atom. The summed E-state index contributed by atoms with van der Waals surface area (Å²) in [6, 6.07) is 1.77. The van der Waals surface area contributed by atoms with Gasteiger partial charge in [0, 0.05) is 17.6 Å². The molecule has 0 atom stereocenters. The molecule has 0 bridgehead atoms. The van der Waals surface area contributed by atoms with Gasteiger partial charge in [-0.2, -0.15) is 4.98 Å². The molecule has 2 aromatic rings. The van der Waals surface area contributed by atoms with Crippen LogP contribution in [0.25, 0.3) is 11.0 Å². The lowest BCUT2D eigenvalue weighted by molar-refractivity contribution is -0.393. The molecule has 0 aliphatic heterocycles. The Bertz CT molecular complexity index is 691. The van der Waals surface area contributed by atoms with Gasteiger partial charge in [-0.1, -0.05) is 0 Å². The second-order valence-corrected chi connectivity index (χ2v) is 3.02. The first-order valence-electron chi connectivity index (χ1n) is 4.22. The van der Waals surface area contributed by atoms with Crippen LogP contribution in [0.4, 0.5) is 11.4 Å². The van der Waals surface area contributed by atoms with Gasteiger partial charge >= 0.3 is 11.4 Å². The minimum Gasteiger partial charge on any atom is -0.401 e. The summed E-state index contributed by atoms with van der Waals surface area (Å²) >= 11 is 0. The van der Waals surface area contributed by atoms with Crippen LogP contribution in [-0.4, -0.2) is 14.8 Å². The predicted octanol–water partition coefficient (Wildman–Crippen LogP) is 1.00. The van der Waals surface area contributed by atoms with E-state index in [2.05, 4.69) is 9.40 Å². The Balaban J connectivity index is 2.90. The van der Waals surface area contributed by atoms with E-state index in [0.717, 1.165) is 18.3 Å². The zero-order chi connectivity index (χ0) is 12.6. The molecule has 0 radical (unpaired) electrons. The molecule has 9 heteroatoms. The second kappa shape index (κ2) is 3.63. The van der Waals surface area contributed by atoms with Gasteiger partial charge in [0.15, 0.2) is 0 Å². The molecule has 0 fully saturated rings. The van der Waals surface area contributed by atoms with E-state index in [9.17, 15) is 25.0 Å². The third kappa shape index (κ3) is 1.80. The lowest BCUT2D eigenvalue weighted by Crippen LogP contribution is -2.03. The van der Waals surface area contributed by atoms with Crippen LogP contribution in [0.5, 0.6) is 0 Å². The van der Waals surface area contributed by atoms with Crippen LogP contribution in [0.2, 0.25) is 0 Å². The summed E-state index contributed by atoms with van der Waals surface area (Å²) in [5, 5.41) is 21.3. The van der Waals surface area contributed by atoms with E-state index in [0.29, 0.717) is 0 Å². The van der Waals surface area contributed by atoms with Crippen molar-refractivity contribution < 1.29 is 14.3 Å². The number of nitro benzene ring substituents is 2. The summed E-state index contributed by atoms with van der Waals surface area (Å²) in [7, 11) is 0. The number of hydrogen-bond donors (Lipinski definition) is 0. The quantitative estimate of drug-likeness (QED) is 0.562. The number of aromatic nitrogens is 1. The van der Waals surface area contributed by atoms with Crippen LogP contribution < -0.4 is 5.76 Å². The van der Waals surface area contributed by atoms with Crippen molar-refractivity contribution in [1.29, 1.82) is 0 Å². The van der Waals surface area contributed by atoms with E-state index in [4.69, 9.17) is 0 Å². The van der Waals surface area contributed by atoms with E-state index < -0.39 is 27.0 Å². The first-order valence-corrected chi connectivity index (χ1v) is 4.22. The number of fused-ring (bicyclic) bond motifs is 1. The Morgan fingerprint density at radius 1 is 1.18 bits per heavy atom. The third-order valence-corrected chi connectivity index (χ3v) is 1.99.